The number of carbonyl (C=O) groups excluding carboxylic acids is 1. The van der Waals surface area contributed by atoms with E-state index < -0.39 is 0 Å². The Labute approximate surface area is 204 Å². The predicted molar refractivity (Wildman–Crippen MR) is 138 cm³/mol. The van der Waals surface area contributed by atoms with Gasteiger partial charge in [-0.1, -0.05) is 60.3 Å². The molecule has 0 radical (unpaired) electrons. The highest BCUT2D eigenvalue weighted by Gasteiger charge is 2.62. The normalized spacial score (nSPS) is 42.2. The molecule has 4 rings (SSSR count). The lowest BCUT2D eigenvalue weighted by Gasteiger charge is -2.61. The summed E-state index contributed by atoms with van der Waals surface area (Å²) in [6, 6.07) is 0. The number of aliphatic hydroxyl groups is 1. The summed E-state index contributed by atoms with van der Waals surface area (Å²) in [5.41, 5.74) is 1.71. The molecule has 0 amide bonds. The molecule has 33 heavy (non-hydrogen) atoms. The van der Waals surface area contributed by atoms with E-state index in [1.54, 1.807) is 0 Å². The fourth-order valence-electron chi connectivity index (χ4n) is 10.1. The van der Waals surface area contributed by atoms with Gasteiger partial charge in [0.2, 0.25) is 0 Å². The van der Waals surface area contributed by atoms with Gasteiger partial charge in [-0.2, -0.15) is 0 Å². The van der Waals surface area contributed by atoms with Crippen LogP contribution >= 0.6 is 0 Å². The lowest BCUT2D eigenvalue weighted by molar-refractivity contribution is -0.122. The van der Waals surface area contributed by atoms with Crippen LogP contribution in [0.2, 0.25) is 0 Å². The van der Waals surface area contributed by atoms with Gasteiger partial charge < -0.3 is 5.11 Å². The summed E-state index contributed by atoms with van der Waals surface area (Å²) in [6.45, 7) is 12.0. The summed E-state index contributed by atoms with van der Waals surface area (Å²) in [5.74, 6) is 4.99. The van der Waals surface area contributed by atoms with Crippen molar-refractivity contribution in [1.29, 1.82) is 0 Å². The highest BCUT2D eigenvalue weighted by molar-refractivity contribution is 5.92. The zero-order chi connectivity index (χ0) is 23.8. The van der Waals surface area contributed by atoms with Crippen molar-refractivity contribution in [3.63, 3.8) is 0 Å². The zero-order valence-electron chi connectivity index (χ0n) is 22.4. The summed E-state index contributed by atoms with van der Waals surface area (Å²) < 4.78 is 0. The van der Waals surface area contributed by atoms with Gasteiger partial charge in [-0.3, -0.25) is 4.79 Å². The summed E-state index contributed by atoms with van der Waals surface area (Å²) >= 11 is 0. The number of carbonyl (C=O) groups is 1. The summed E-state index contributed by atoms with van der Waals surface area (Å²) in [7, 11) is 0. The molecule has 0 aromatic rings. The Morgan fingerprint density at radius 3 is 2.45 bits per heavy atom. The Kier molecular flexibility index (Phi) is 7.84. The average molecular weight is 457 g/mol. The molecule has 0 saturated heterocycles. The number of ketones is 1. The second kappa shape index (κ2) is 10.2. The van der Waals surface area contributed by atoms with Crippen LogP contribution in [0.5, 0.6) is 0 Å². The molecule has 0 heterocycles. The molecular weight excluding hydrogens is 404 g/mol. The second-order valence-corrected chi connectivity index (χ2v) is 12.7. The Balaban J connectivity index is 1.59. The largest absolute Gasteiger partial charge is 0.389 e. The van der Waals surface area contributed by atoms with Crippen LogP contribution in [0, 0.1) is 46.3 Å². The minimum absolute atomic E-state index is 0.0912. The Bertz CT molecular complexity index is 724. The van der Waals surface area contributed by atoms with Crippen LogP contribution in [-0.2, 0) is 4.79 Å². The molecular formula is C31H52O2. The molecule has 3 fully saturated rings. The van der Waals surface area contributed by atoms with Crippen molar-refractivity contribution in [3.8, 4) is 0 Å². The predicted octanol–water partition coefficient (Wildman–Crippen LogP) is 8.13. The van der Waals surface area contributed by atoms with Crippen molar-refractivity contribution >= 4 is 5.78 Å². The highest BCUT2D eigenvalue weighted by atomic mass is 16.3. The summed E-state index contributed by atoms with van der Waals surface area (Å²) in [5, 5.41) is 11.3. The monoisotopic (exact) mass is 456 g/mol. The first-order valence-corrected chi connectivity index (χ1v) is 14.8. The third-order valence-corrected chi connectivity index (χ3v) is 11.7. The molecule has 188 valence electrons. The molecule has 1 N–H and O–H groups in total. The van der Waals surface area contributed by atoms with Crippen LogP contribution in [0.4, 0.5) is 0 Å². The number of hydrogen-bond acceptors (Lipinski definition) is 2. The average Bonchev–Trinajstić information content (AvgIpc) is 3.20. The fraction of sp³-hybridized carbons (Fsp3) is 0.903. The molecule has 4 aliphatic carbocycles. The first-order chi connectivity index (χ1) is 15.9. The first-order valence-electron chi connectivity index (χ1n) is 14.8. The van der Waals surface area contributed by atoms with Crippen molar-refractivity contribution in [2.45, 2.75) is 131 Å². The van der Waals surface area contributed by atoms with E-state index in [1.807, 2.05) is 6.08 Å². The van der Waals surface area contributed by atoms with E-state index in [2.05, 4.69) is 34.6 Å². The molecule has 9 unspecified atom stereocenters. The van der Waals surface area contributed by atoms with E-state index in [-0.39, 0.29) is 17.3 Å². The number of fused-ring (bicyclic) bond motifs is 5. The van der Waals surface area contributed by atoms with E-state index in [0.717, 1.165) is 48.5 Å². The quantitative estimate of drug-likeness (QED) is 0.380. The van der Waals surface area contributed by atoms with Crippen molar-refractivity contribution in [1.82, 2.24) is 0 Å². The maximum Gasteiger partial charge on any atom is 0.155 e. The van der Waals surface area contributed by atoms with Crippen molar-refractivity contribution in [2.24, 2.45) is 46.3 Å². The van der Waals surface area contributed by atoms with Gasteiger partial charge in [0, 0.05) is 6.42 Å². The fourth-order valence-corrected chi connectivity index (χ4v) is 10.1. The third kappa shape index (κ3) is 4.19. The maximum atomic E-state index is 12.3. The lowest BCUT2D eigenvalue weighted by Crippen LogP contribution is -2.55. The molecule has 2 heteroatoms. The topological polar surface area (TPSA) is 37.3 Å². The Morgan fingerprint density at radius 2 is 1.79 bits per heavy atom. The van der Waals surface area contributed by atoms with E-state index in [9.17, 15) is 9.90 Å². The SMILES string of the molecule is CCCC(C)CCC(CC)C1CCC2C3CC(O)C4=CC(=O)CCC4(CC)C3CCC12CC. The number of rotatable bonds is 9. The number of aliphatic hydroxyl groups excluding tert-OH is 1. The van der Waals surface area contributed by atoms with Gasteiger partial charge in [-0.25, -0.2) is 0 Å². The van der Waals surface area contributed by atoms with E-state index in [1.165, 1.54) is 64.2 Å². The third-order valence-electron chi connectivity index (χ3n) is 11.7. The van der Waals surface area contributed by atoms with E-state index in [4.69, 9.17) is 0 Å². The molecule has 0 aromatic carbocycles. The number of hydrogen-bond donors (Lipinski definition) is 1. The minimum atomic E-state index is -0.390. The van der Waals surface area contributed by atoms with Crippen LogP contribution in [0.15, 0.2) is 11.6 Å². The molecule has 4 aliphatic rings. The van der Waals surface area contributed by atoms with Gasteiger partial charge in [0.1, 0.15) is 0 Å². The molecule has 0 bridgehead atoms. The second-order valence-electron chi connectivity index (χ2n) is 12.7. The van der Waals surface area contributed by atoms with Gasteiger partial charge in [0.25, 0.3) is 0 Å². The Hall–Kier alpha value is -0.630. The lowest BCUT2D eigenvalue weighted by atomic mass is 9.44. The molecule has 9 atom stereocenters. The van der Waals surface area contributed by atoms with Crippen molar-refractivity contribution in [3.05, 3.63) is 11.6 Å². The minimum Gasteiger partial charge on any atom is -0.389 e. The van der Waals surface area contributed by atoms with Crippen LogP contribution in [-0.4, -0.2) is 17.0 Å². The van der Waals surface area contributed by atoms with Gasteiger partial charge >= 0.3 is 0 Å². The van der Waals surface area contributed by atoms with Crippen LogP contribution in [0.1, 0.15) is 125 Å². The maximum absolute atomic E-state index is 12.3. The van der Waals surface area contributed by atoms with Gasteiger partial charge in [0.05, 0.1) is 6.10 Å². The highest BCUT2D eigenvalue weighted by Crippen LogP contribution is 2.69. The van der Waals surface area contributed by atoms with E-state index >= 15 is 0 Å². The zero-order valence-corrected chi connectivity index (χ0v) is 22.4. The molecule has 3 saturated carbocycles. The molecule has 2 nitrogen and oxygen atoms in total. The first kappa shape index (κ1) is 25.5. The summed E-state index contributed by atoms with van der Waals surface area (Å²) in [4.78, 5) is 12.3. The van der Waals surface area contributed by atoms with Gasteiger partial charge in [-0.15, -0.1) is 0 Å². The standard InChI is InChI=1S/C31H52O2/c1-6-10-21(5)11-12-22(7-2)25-13-14-26-24-20-29(33)28-19-23(32)15-17-31(28,9-4)27(24)16-18-30(25,26)8-3/h19,21-22,24-27,29,33H,6-18,20H2,1-5H3. The van der Waals surface area contributed by atoms with Crippen molar-refractivity contribution in [2.75, 3.05) is 0 Å². The smallest absolute Gasteiger partial charge is 0.155 e. The molecule has 0 aliphatic heterocycles. The van der Waals surface area contributed by atoms with Crippen LogP contribution in [0.25, 0.3) is 0 Å². The Morgan fingerprint density at radius 1 is 1.00 bits per heavy atom. The molecule has 0 spiro atoms. The van der Waals surface area contributed by atoms with Crippen LogP contribution in [0.3, 0.4) is 0 Å². The molecule has 0 aromatic heterocycles. The van der Waals surface area contributed by atoms with E-state index in [0.29, 0.717) is 23.7 Å². The summed E-state index contributed by atoms with van der Waals surface area (Å²) in [6.07, 6.45) is 18.8. The van der Waals surface area contributed by atoms with Gasteiger partial charge in [0.15, 0.2) is 5.78 Å². The van der Waals surface area contributed by atoms with Gasteiger partial charge in [-0.05, 0) is 116 Å². The van der Waals surface area contributed by atoms with Crippen molar-refractivity contribution < 1.29 is 9.90 Å². The van der Waals surface area contributed by atoms with Crippen LogP contribution < -0.4 is 0 Å².